The van der Waals surface area contributed by atoms with Crippen molar-refractivity contribution in [1.82, 2.24) is 0 Å². The van der Waals surface area contributed by atoms with E-state index in [0.29, 0.717) is 0 Å². The first-order chi connectivity index (χ1) is 8.78. The maximum atomic E-state index is 5.13. The summed E-state index contributed by atoms with van der Waals surface area (Å²) in [5.41, 5.74) is 3.84. The Balaban J connectivity index is 1.96. The van der Waals surface area contributed by atoms with Crippen molar-refractivity contribution < 1.29 is 4.74 Å². The van der Waals surface area contributed by atoms with Gasteiger partial charge in [0.05, 0.1) is 7.11 Å². The molecule has 0 saturated carbocycles. The molecule has 1 heteroatoms. The second-order valence-electron chi connectivity index (χ2n) is 4.37. The van der Waals surface area contributed by atoms with Crippen LogP contribution in [0.15, 0.2) is 54.6 Å². The van der Waals surface area contributed by atoms with E-state index in [-0.39, 0.29) is 0 Å². The lowest BCUT2D eigenvalue weighted by Gasteiger charge is -1.99. The van der Waals surface area contributed by atoms with Crippen LogP contribution in [-0.2, 0) is 6.42 Å². The van der Waals surface area contributed by atoms with Gasteiger partial charge in [0.25, 0.3) is 0 Å². The summed E-state index contributed by atoms with van der Waals surface area (Å²) in [7, 11) is 1.68. The quantitative estimate of drug-likeness (QED) is 0.773. The zero-order chi connectivity index (χ0) is 12.8. The normalized spacial score (nSPS) is 10.8. The van der Waals surface area contributed by atoms with Crippen molar-refractivity contribution in [2.45, 2.75) is 13.3 Å². The largest absolute Gasteiger partial charge is 0.497 e. The van der Waals surface area contributed by atoms with E-state index in [0.717, 1.165) is 12.2 Å². The molecule has 0 atom stereocenters. The molecule has 0 aliphatic rings. The fourth-order valence-corrected chi connectivity index (χ4v) is 1.77. The summed E-state index contributed by atoms with van der Waals surface area (Å²) in [6.07, 6.45) is 5.29. The molecule has 92 valence electrons. The Morgan fingerprint density at radius 2 is 1.61 bits per heavy atom. The van der Waals surface area contributed by atoms with Crippen molar-refractivity contribution >= 4 is 6.08 Å². The molecule has 2 rings (SSSR count). The third-order valence-corrected chi connectivity index (χ3v) is 2.90. The molecular formula is C17H18O. The van der Waals surface area contributed by atoms with Gasteiger partial charge in [-0.2, -0.15) is 0 Å². The van der Waals surface area contributed by atoms with Crippen molar-refractivity contribution in [3.8, 4) is 5.75 Å². The Labute approximate surface area is 109 Å². The van der Waals surface area contributed by atoms with Crippen LogP contribution in [0.25, 0.3) is 6.08 Å². The maximum Gasteiger partial charge on any atom is 0.118 e. The second kappa shape index (κ2) is 6.06. The predicted molar refractivity (Wildman–Crippen MR) is 76.9 cm³/mol. The van der Waals surface area contributed by atoms with Crippen LogP contribution in [0.4, 0.5) is 0 Å². The Bertz CT molecular complexity index is 506. The number of aryl methyl sites for hydroxylation is 1. The van der Waals surface area contributed by atoms with Crippen LogP contribution in [0.2, 0.25) is 0 Å². The topological polar surface area (TPSA) is 9.23 Å². The average Bonchev–Trinajstić information content (AvgIpc) is 2.42. The summed E-state index contributed by atoms with van der Waals surface area (Å²) in [5, 5.41) is 0. The number of benzene rings is 2. The van der Waals surface area contributed by atoms with E-state index in [1.54, 1.807) is 7.11 Å². The van der Waals surface area contributed by atoms with Gasteiger partial charge in [-0.15, -0.1) is 0 Å². The highest BCUT2D eigenvalue weighted by molar-refractivity contribution is 5.51. The summed E-state index contributed by atoms with van der Waals surface area (Å²) < 4.78 is 5.13. The smallest absolute Gasteiger partial charge is 0.118 e. The first-order valence-electron chi connectivity index (χ1n) is 6.14. The van der Waals surface area contributed by atoms with Gasteiger partial charge in [0.15, 0.2) is 0 Å². The van der Waals surface area contributed by atoms with Gasteiger partial charge in [0.1, 0.15) is 5.75 Å². The van der Waals surface area contributed by atoms with Crippen molar-refractivity contribution in [2.24, 2.45) is 0 Å². The van der Waals surface area contributed by atoms with E-state index >= 15 is 0 Å². The molecule has 0 aliphatic carbocycles. The van der Waals surface area contributed by atoms with Crippen LogP contribution in [0.1, 0.15) is 16.7 Å². The van der Waals surface area contributed by atoms with Gasteiger partial charge in [0.2, 0.25) is 0 Å². The van der Waals surface area contributed by atoms with Crippen LogP contribution < -0.4 is 4.74 Å². The minimum atomic E-state index is 0.894. The van der Waals surface area contributed by atoms with Crippen LogP contribution in [-0.4, -0.2) is 7.11 Å². The molecule has 0 bridgehead atoms. The van der Waals surface area contributed by atoms with Crippen molar-refractivity contribution in [2.75, 3.05) is 7.11 Å². The molecule has 0 N–H and O–H groups in total. The molecule has 0 amide bonds. The SMILES string of the molecule is COc1ccc(C=CCc2ccc(C)cc2)cc1. The third kappa shape index (κ3) is 3.49. The monoisotopic (exact) mass is 238 g/mol. The fraction of sp³-hybridized carbons (Fsp3) is 0.176. The van der Waals surface area contributed by atoms with Crippen molar-refractivity contribution in [1.29, 1.82) is 0 Å². The first-order valence-corrected chi connectivity index (χ1v) is 6.14. The van der Waals surface area contributed by atoms with E-state index in [4.69, 9.17) is 4.74 Å². The molecule has 0 radical (unpaired) electrons. The highest BCUT2D eigenvalue weighted by atomic mass is 16.5. The van der Waals surface area contributed by atoms with Crippen LogP contribution in [0, 0.1) is 6.92 Å². The van der Waals surface area contributed by atoms with Crippen molar-refractivity contribution in [3.05, 3.63) is 71.3 Å². The molecule has 0 spiro atoms. The molecule has 0 unspecified atom stereocenters. The molecular weight excluding hydrogens is 220 g/mol. The Morgan fingerprint density at radius 3 is 2.22 bits per heavy atom. The Morgan fingerprint density at radius 1 is 0.944 bits per heavy atom. The Kier molecular flexibility index (Phi) is 4.19. The zero-order valence-electron chi connectivity index (χ0n) is 10.9. The predicted octanol–water partition coefficient (Wildman–Crippen LogP) is 4.26. The lowest BCUT2D eigenvalue weighted by atomic mass is 10.1. The summed E-state index contributed by atoms with van der Waals surface area (Å²) in [6.45, 7) is 2.11. The van der Waals surface area contributed by atoms with Gasteiger partial charge in [-0.3, -0.25) is 0 Å². The van der Waals surface area contributed by atoms with Gasteiger partial charge in [0, 0.05) is 0 Å². The van der Waals surface area contributed by atoms with Crippen LogP contribution >= 0.6 is 0 Å². The molecule has 18 heavy (non-hydrogen) atoms. The molecule has 0 fully saturated rings. The number of hydrogen-bond acceptors (Lipinski definition) is 1. The highest BCUT2D eigenvalue weighted by Crippen LogP contribution is 2.13. The van der Waals surface area contributed by atoms with Gasteiger partial charge in [-0.1, -0.05) is 54.1 Å². The average molecular weight is 238 g/mol. The summed E-state index contributed by atoms with van der Waals surface area (Å²) in [6, 6.07) is 16.7. The third-order valence-electron chi connectivity index (χ3n) is 2.90. The summed E-state index contributed by atoms with van der Waals surface area (Å²) in [4.78, 5) is 0. The van der Waals surface area contributed by atoms with Crippen molar-refractivity contribution in [3.63, 3.8) is 0 Å². The van der Waals surface area contributed by atoms with E-state index < -0.39 is 0 Å². The van der Waals surface area contributed by atoms with Crippen LogP contribution in [0.3, 0.4) is 0 Å². The molecule has 1 nitrogen and oxygen atoms in total. The molecule has 0 aromatic heterocycles. The molecule has 0 saturated heterocycles. The van der Waals surface area contributed by atoms with Gasteiger partial charge in [-0.05, 0) is 36.6 Å². The van der Waals surface area contributed by atoms with Gasteiger partial charge in [-0.25, -0.2) is 0 Å². The summed E-state index contributed by atoms with van der Waals surface area (Å²) in [5.74, 6) is 0.894. The molecule has 2 aromatic rings. The number of rotatable bonds is 4. The molecule has 2 aromatic carbocycles. The zero-order valence-corrected chi connectivity index (χ0v) is 10.9. The molecule has 0 heterocycles. The second-order valence-corrected chi connectivity index (χ2v) is 4.37. The minimum Gasteiger partial charge on any atom is -0.497 e. The first kappa shape index (κ1) is 12.4. The lowest BCUT2D eigenvalue weighted by Crippen LogP contribution is -1.82. The minimum absolute atomic E-state index is 0.894. The summed E-state index contributed by atoms with van der Waals surface area (Å²) >= 11 is 0. The van der Waals surface area contributed by atoms with E-state index in [9.17, 15) is 0 Å². The number of ether oxygens (including phenoxy) is 1. The van der Waals surface area contributed by atoms with E-state index in [1.807, 2.05) is 12.1 Å². The highest BCUT2D eigenvalue weighted by Gasteiger charge is 1.91. The lowest BCUT2D eigenvalue weighted by molar-refractivity contribution is 0.415. The van der Waals surface area contributed by atoms with E-state index in [2.05, 4.69) is 55.5 Å². The number of hydrogen-bond donors (Lipinski definition) is 0. The standard InChI is InChI=1S/C17H18O/c1-14-6-8-15(9-7-14)4-3-5-16-10-12-17(18-2)13-11-16/h3,5-13H,4H2,1-2H3. The van der Waals surface area contributed by atoms with E-state index in [1.165, 1.54) is 16.7 Å². The van der Waals surface area contributed by atoms with Gasteiger partial charge >= 0.3 is 0 Å². The van der Waals surface area contributed by atoms with Gasteiger partial charge < -0.3 is 4.74 Å². The number of methoxy groups -OCH3 is 1. The molecule has 0 aliphatic heterocycles. The number of allylic oxidation sites excluding steroid dienone is 1. The fourth-order valence-electron chi connectivity index (χ4n) is 1.77. The Hall–Kier alpha value is -2.02. The van der Waals surface area contributed by atoms with Crippen LogP contribution in [0.5, 0.6) is 5.75 Å². The maximum absolute atomic E-state index is 5.13.